The summed E-state index contributed by atoms with van der Waals surface area (Å²) in [7, 11) is 0. The number of anilines is 1. The van der Waals surface area contributed by atoms with E-state index in [0.717, 1.165) is 28.9 Å². The molecule has 0 aromatic heterocycles. The van der Waals surface area contributed by atoms with E-state index in [1.54, 1.807) is 12.1 Å². The second-order valence-electron chi connectivity index (χ2n) is 7.79. The SMILES string of the molecule is Cc1ccccc1N1C(=O)C(=O)/C(=C(\O)c2ccc3c(c2)CCO3)C1c1ccccc1. The number of nitrogens with zero attached hydrogens (tertiary/aromatic N) is 1. The number of aliphatic hydroxyl groups excluding tert-OH is 1. The average molecular weight is 411 g/mol. The Bertz CT molecular complexity index is 1230. The number of carbonyl (C=O) groups excluding carboxylic acids is 2. The number of Topliss-reactive ketones (excluding diaryl/α,β-unsaturated/α-hetero) is 1. The molecule has 0 aliphatic carbocycles. The Hall–Kier alpha value is -3.86. The number of aliphatic hydroxyl groups is 1. The maximum Gasteiger partial charge on any atom is 0.300 e. The Morgan fingerprint density at radius 1 is 1.00 bits per heavy atom. The molecule has 1 unspecified atom stereocenters. The minimum atomic E-state index is -0.716. The van der Waals surface area contributed by atoms with Gasteiger partial charge in [-0.05, 0) is 47.9 Å². The van der Waals surface area contributed by atoms with Crippen molar-refractivity contribution < 1.29 is 19.4 Å². The second kappa shape index (κ2) is 7.43. The molecule has 31 heavy (non-hydrogen) atoms. The third-order valence-electron chi connectivity index (χ3n) is 5.90. The van der Waals surface area contributed by atoms with Crippen LogP contribution in [0.25, 0.3) is 5.76 Å². The van der Waals surface area contributed by atoms with Gasteiger partial charge in [0.1, 0.15) is 11.5 Å². The number of ether oxygens (including phenoxy) is 1. The highest BCUT2D eigenvalue weighted by Crippen LogP contribution is 2.43. The Morgan fingerprint density at radius 2 is 1.74 bits per heavy atom. The molecule has 2 heterocycles. The summed E-state index contributed by atoms with van der Waals surface area (Å²) in [6.07, 6.45) is 0.746. The molecule has 0 radical (unpaired) electrons. The molecule has 154 valence electrons. The standard InChI is InChI=1S/C26H21NO4/c1-16-7-5-6-10-20(16)27-23(17-8-3-2-4-9-17)22(25(29)26(27)30)24(28)19-11-12-21-18(15-19)13-14-31-21/h2-12,15,23,28H,13-14H2,1H3/b24-22-. The topological polar surface area (TPSA) is 66.8 Å². The first-order chi connectivity index (χ1) is 15.1. The maximum atomic E-state index is 13.2. The van der Waals surface area contributed by atoms with Crippen LogP contribution in [-0.2, 0) is 16.0 Å². The van der Waals surface area contributed by atoms with E-state index in [0.29, 0.717) is 17.9 Å². The summed E-state index contributed by atoms with van der Waals surface area (Å²) in [6.45, 7) is 2.50. The lowest BCUT2D eigenvalue weighted by Gasteiger charge is -2.26. The fourth-order valence-electron chi connectivity index (χ4n) is 4.35. The Labute approximate surface area is 180 Å². The number of rotatable bonds is 3. The third-order valence-corrected chi connectivity index (χ3v) is 5.90. The van der Waals surface area contributed by atoms with Crippen molar-refractivity contribution in [3.8, 4) is 5.75 Å². The minimum Gasteiger partial charge on any atom is -0.507 e. The first kappa shape index (κ1) is 19.1. The van der Waals surface area contributed by atoms with E-state index < -0.39 is 17.7 Å². The van der Waals surface area contributed by atoms with E-state index in [1.165, 1.54) is 4.90 Å². The lowest BCUT2D eigenvalue weighted by molar-refractivity contribution is -0.132. The van der Waals surface area contributed by atoms with Gasteiger partial charge < -0.3 is 9.84 Å². The van der Waals surface area contributed by atoms with Gasteiger partial charge in [-0.2, -0.15) is 0 Å². The van der Waals surface area contributed by atoms with Crippen molar-refractivity contribution in [3.05, 3.63) is 101 Å². The summed E-state index contributed by atoms with van der Waals surface area (Å²) in [6, 6.07) is 21.4. The van der Waals surface area contributed by atoms with E-state index >= 15 is 0 Å². The van der Waals surface area contributed by atoms with E-state index in [2.05, 4.69) is 0 Å². The zero-order valence-corrected chi connectivity index (χ0v) is 17.0. The van der Waals surface area contributed by atoms with E-state index in [-0.39, 0.29) is 11.3 Å². The molecule has 3 aromatic rings. The van der Waals surface area contributed by atoms with Crippen LogP contribution in [0, 0.1) is 6.92 Å². The molecule has 0 spiro atoms. The minimum absolute atomic E-state index is 0.0957. The number of amides is 1. The zero-order valence-electron chi connectivity index (χ0n) is 17.0. The van der Waals surface area contributed by atoms with Crippen molar-refractivity contribution in [3.63, 3.8) is 0 Å². The number of benzene rings is 3. The van der Waals surface area contributed by atoms with Gasteiger partial charge in [-0.1, -0.05) is 48.5 Å². The Morgan fingerprint density at radius 3 is 2.52 bits per heavy atom. The van der Waals surface area contributed by atoms with Crippen LogP contribution in [0.4, 0.5) is 5.69 Å². The summed E-state index contributed by atoms with van der Waals surface area (Å²) < 4.78 is 5.55. The molecule has 1 N–H and O–H groups in total. The van der Waals surface area contributed by atoms with Gasteiger partial charge in [-0.15, -0.1) is 0 Å². The molecular formula is C26H21NO4. The molecule has 2 aliphatic rings. The molecule has 1 saturated heterocycles. The predicted molar refractivity (Wildman–Crippen MR) is 118 cm³/mol. The van der Waals surface area contributed by atoms with Crippen LogP contribution in [0.2, 0.25) is 0 Å². The van der Waals surface area contributed by atoms with Gasteiger partial charge >= 0.3 is 0 Å². The Kier molecular flexibility index (Phi) is 4.59. The van der Waals surface area contributed by atoms with E-state index in [1.807, 2.05) is 67.6 Å². The van der Waals surface area contributed by atoms with Gasteiger partial charge in [-0.25, -0.2) is 0 Å². The van der Waals surface area contributed by atoms with Crippen LogP contribution in [0.3, 0.4) is 0 Å². The average Bonchev–Trinajstić information content (AvgIpc) is 3.36. The summed E-state index contributed by atoms with van der Waals surface area (Å²) in [5.41, 5.74) is 3.87. The van der Waals surface area contributed by atoms with Crippen molar-refractivity contribution in [2.75, 3.05) is 11.5 Å². The largest absolute Gasteiger partial charge is 0.507 e. The quantitative estimate of drug-likeness (QED) is 0.390. The molecule has 5 heteroatoms. The fraction of sp³-hybridized carbons (Fsp3) is 0.154. The van der Waals surface area contributed by atoms with Crippen molar-refractivity contribution in [1.29, 1.82) is 0 Å². The lowest BCUT2D eigenvalue weighted by Crippen LogP contribution is -2.30. The first-order valence-electron chi connectivity index (χ1n) is 10.2. The number of aryl methyl sites for hydroxylation is 1. The van der Waals surface area contributed by atoms with Crippen molar-refractivity contribution >= 4 is 23.1 Å². The third kappa shape index (κ3) is 3.10. The normalized spacial score (nSPS) is 19.4. The molecule has 2 aliphatic heterocycles. The van der Waals surface area contributed by atoms with E-state index in [9.17, 15) is 14.7 Å². The number of carbonyl (C=O) groups is 2. The molecule has 5 rings (SSSR count). The number of hydrogen-bond donors (Lipinski definition) is 1. The highest BCUT2D eigenvalue weighted by molar-refractivity contribution is 6.51. The van der Waals surface area contributed by atoms with Crippen LogP contribution in [0.1, 0.15) is 28.3 Å². The molecule has 1 atom stereocenters. The van der Waals surface area contributed by atoms with Gasteiger partial charge in [0.2, 0.25) is 0 Å². The molecular weight excluding hydrogens is 390 g/mol. The van der Waals surface area contributed by atoms with Crippen LogP contribution in [-0.4, -0.2) is 23.4 Å². The van der Waals surface area contributed by atoms with Crippen LogP contribution < -0.4 is 9.64 Å². The van der Waals surface area contributed by atoms with Gasteiger partial charge in [0, 0.05) is 17.7 Å². The van der Waals surface area contributed by atoms with Gasteiger partial charge in [0.05, 0.1) is 18.2 Å². The molecule has 0 saturated carbocycles. The Balaban J connectivity index is 1.72. The number of hydrogen-bond acceptors (Lipinski definition) is 4. The van der Waals surface area contributed by atoms with Crippen LogP contribution in [0.15, 0.2) is 78.4 Å². The van der Waals surface area contributed by atoms with Crippen LogP contribution in [0.5, 0.6) is 5.75 Å². The second-order valence-corrected chi connectivity index (χ2v) is 7.79. The monoisotopic (exact) mass is 411 g/mol. The highest BCUT2D eigenvalue weighted by Gasteiger charge is 2.47. The van der Waals surface area contributed by atoms with Gasteiger partial charge in [0.25, 0.3) is 11.7 Å². The lowest BCUT2D eigenvalue weighted by atomic mass is 9.94. The highest BCUT2D eigenvalue weighted by atomic mass is 16.5. The van der Waals surface area contributed by atoms with Gasteiger partial charge in [-0.3, -0.25) is 14.5 Å². The molecule has 0 bridgehead atoms. The number of ketones is 1. The number of para-hydroxylation sites is 1. The molecule has 5 nitrogen and oxygen atoms in total. The summed E-state index contributed by atoms with van der Waals surface area (Å²) in [5, 5.41) is 11.2. The predicted octanol–water partition coefficient (Wildman–Crippen LogP) is 4.56. The van der Waals surface area contributed by atoms with Crippen molar-refractivity contribution in [2.45, 2.75) is 19.4 Å². The summed E-state index contributed by atoms with van der Waals surface area (Å²) in [4.78, 5) is 27.9. The first-order valence-corrected chi connectivity index (χ1v) is 10.2. The molecule has 1 fully saturated rings. The smallest absolute Gasteiger partial charge is 0.300 e. The zero-order chi connectivity index (χ0) is 21.5. The number of fused-ring (bicyclic) bond motifs is 1. The van der Waals surface area contributed by atoms with Crippen molar-refractivity contribution in [1.82, 2.24) is 0 Å². The van der Waals surface area contributed by atoms with Crippen molar-refractivity contribution in [2.24, 2.45) is 0 Å². The summed E-state index contributed by atoms with van der Waals surface area (Å²) in [5.74, 6) is -0.713. The van der Waals surface area contributed by atoms with E-state index in [4.69, 9.17) is 4.74 Å². The molecule has 3 aromatic carbocycles. The fourth-order valence-corrected chi connectivity index (χ4v) is 4.35. The van der Waals surface area contributed by atoms with Crippen LogP contribution >= 0.6 is 0 Å². The molecule has 1 amide bonds. The van der Waals surface area contributed by atoms with Gasteiger partial charge in [0.15, 0.2) is 0 Å². The maximum absolute atomic E-state index is 13.2. The summed E-state index contributed by atoms with van der Waals surface area (Å²) >= 11 is 0.